The number of benzene rings is 9. The van der Waals surface area contributed by atoms with E-state index in [0.717, 1.165) is 17.1 Å². The van der Waals surface area contributed by atoms with Gasteiger partial charge in [0.15, 0.2) is 0 Å². The van der Waals surface area contributed by atoms with Gasteiger partial charge in [-0.15, -0.1) is 0 Å². The summed E-state index contributed by atoms with van der Waals surface area (Å²) in [6.45, 7) is 11.9. The first-order chi connectivity index (χ1) is 30.7. The Bertz CT molecular complexity index is 3310. The first-order valence-electron chi connectivity index (χ1n) is 22.4. The van der Waals surface area contributed by atoms with Gasteiger partial charge in [-0.05, 0) is 115 Å². The largest absolute Gasteiger partial charge is 0.309 e. The van der Waals surface area contributed by atoms with Crippen LogP contribution in [0, 0.1) is 0 Å². The van der Waals surface area contributed by atoms with Crippen molar-refractivity contribution >= 4 is 17.1 Å². The quantitative estimate of drug-likeness (QED) is 0.162. The molecule has 0 radical (unpaired) electrons. The van der Waals surface area contributed by atoms with E-state index in [4.69, 9.17) is 0 Å². The van der Waals surface area contributed by atoms with Crippen LogP contribution in [0.3, 0.4) is 0 Å². The molecule has 1 unspecified atom stereocenters. The lowest BCUT2D eigenvalue weighted by Gasteiger charge is -2.32. The van der Waals surface area contributed by atoms with Crippen molar-refractivity contribution in [2.24, 2.45) is 0 Å². The van der Waals surface area contributed by atoms with Gasteiger partial charge in [-0.1, -0.05) is 210 Å². The van der Waals surface area contributed by atoms with Crippen LogP contribution in [-0.2, 0) is 16.2 Å². The van der Waals surface area contributed by atoms with E-state index < -0.39 is 0 Å². The van der Waals surface area contributed by atoms with Crippen LogP contribution >= 0.6 is 0 Å². The van der Waals surface area contributed by atoms with Crippen molar-refractivity contribution in [1.82, 2.24) is 0 Å². The first-order valence-corrected chi connectivity index (χ1v) is 22.4. The molecule has 3 aliphatic carbocycles. The van der Waals surface area contributed by atoms with Crippen LogP contribution < -0.4 is 4.90 Å². The van der Waals surface area contributed by atoms with Gasteiger partial charge >= 0.3 is 0 Å². The fourth-order valence-electron chi connectivity index (χ4n) is 12.0. The molecule has 302 valence electrons. The van der Waals surface area contributed by atoms with E-state index in [1.54, 1.807) is 0 Å². The predicted molar refractivity (Wildman–Crippen MR) is 265 cm³/mol. The zero-order valence-corrected chi connectivity index (χ0v) is 36.6. The Hall–Kier alpha value is -7.22. The molecule has 63 heavy (non-hydrogen) atoms. The summed E-state index contributed by atoms with van der Waals surface area (Å²) in [6, 6.07) is 77.4. The van der Waals surface area contributed by atoms with Crippen LogP contribution in [0.4, 0.5) is 17.1 Å². The molecule has 0 heterocycles. The first kappa shape index (κ1) is 37.5. The molecule has 0 aliphatic heterocycles. The highest BCUT2D eigenvalue weighted by Crippen LogP contribution is 2.58. The third-order valence-electron chi connectivity index (χ3n) is 15.0. The number of anilines is 3. The summed E-state index contributed by atoms with van der Waals surface area (Å²) < 4.78 is 0. The summed E-state index contributed by atoms with van der Waals surface area (Å²) in [5.74, 6) is 0. The Balaban J connectivity index is 1.14. The standard InChI is InChI=1S/C62H49N/c1-60(2)52-32-15-11-27-49(52)58-46(28-20-34-55(58)60)44-25-12-17-35-56(44)63(41-37-38-54-50(39-41)43-24-10-16-33-53(43)62(54,5)40-21-7-6-8-22-40)57-36-18-13-26-45(57)48-30-19-29-47-42-23-9-14-31-51(42)61(3,4)59(47)48/h6-39H,1-5H3. The van der Waals surface area contributed by atoms with E-state index >= 15 is 0 Å². The van der Waals surface area contributed by atoms with Gasteiger partial charge in [-0.2, -0.15) is 0 Å². The fourth-order valence-corrected chi connectivity index (χ4v) is 12.0. The van der Waals surface area contributed by atoms with E-state index in [9.17, 15) is 0 Å². The third-order valence-corrected chi connectivity index (χ3v) is 15.0. The highest BCUT2D eigenvalue weighted by atomic mass is 15.1. The van der Waals surface area contributed by atoms with Crippen LogP contribution in [0.15, 0.2) is 206 Å². The number of rotatable bonds is 6. The molecule has 0 saturated heterocycles. The average molecular weight is 808 g/mol. The molecule has 0 spiro atoms. The number of nitrogens with zero attached hydrogens (tertiary/aromatic N) is 1. The molecule has 0 amide bonds. The van der Waals surface area contributed by atoms with Gasteiger partial charge in [0.25, 0.3) is 0 Å². The maximum Gasteiger partial charge on any atom is 0.0540 e. The lowest BCUT2D eigenvalue weighted by molar-refractivity contribution is 0.660. The van der Waals surface area contributed by atoms with Crippen LogP contribution in [0.25, 0.3) is 55.6 Å². The minimum Gasteiger partial charge on any atom is -0.309 e. The normalized spacial score (nSPS) is 16.7. The molecular formula is C62H49N. The lowest BCUT2D eigenvalue weighted by Crippen LogP contribution is -2.22. The Morgan fingerprint density at radius 3 is 1.43 bits per heavy atom. The molecular weight excluding hydrogens is 759 g/mol. The Morgan fingerprint density at radius 1 is 0.302 bits per heavy atom. The van der Waals surface area contributed by atoms with Crippen molar-refractivity contribution in [2.75, 3.05) is 4.90 Å². The summed E-state index contributed by atoms with van der Waals surface area (Å²) in [5, 5.41) is 0. The van der Waals surface area contributed by atoms with Gasteiger partial charge in [-0.25, -0.2) is 0 Å². The number of para-hydroxylation sites is 2. The second-order valence-corrected chi connectivity index (χ2v) is 18.9. The van der Waals surface area contributed by atoms with Gasteiger partial charge in [0.05, 0.1) is 11.4 Å². The average Bonchev–Trinajstić information content (AvgIpc) is 3.84. The second-order valence-electron chi connectivity index (χ2n) is 18.9. The fraction of sp³-hybridized carbons (Fsp3) is 0.129. The Labute approximate surface area is 372 Å². The molecule has 0 fully saturated rings. The minimum absolute atomic E-state index is 0.111. The lowest BCUT2D eigenvalue weighted by atomic mass is 9.74. The van der Waals surface area contributed by atoms with Gasteiger partial charge in [-0.3, -0.25) is 0 Å². The van der Waals surface area contributed by atoms with Gasteiger partial charge in [0.2, 0.25) is 0 Å². The molecule has 1 atom stereocenters. The summed E-state index contributed by atoms with van der Waals surface area (Å²) in [7, 11) is 0. The molecule has 0 bridgehead atoms. The summed E-state index contributed by atoms with van der Waals surface area (Å²) >= 11 is 0. The SMILES string of the molecule is CC1(C)c2ccccc2-c2c(-c3ccccc3N(c3ccc4c(c3)-c3ccccc3C4(C)c3ccccc3)c3ccccc3-c3cccc4c3C(C)(C)c3ccccc3-4)cccc21. The van der Waals surface area contributed by atoms with Crippen molar-refractivity contribution in [2.45, 2.75) is 50.9 Å². The number of fused-ring (bicyclic) bond motifs is 9. The van der Waals surface area contributed by atoms with Crippen molar-refractivity contribution < 1.29 is 0 Å². The van der Waals surface area contributed by atoms with Crippen molar-refractivity contribution in [3.63, 3.8) is 0 Å². The monoisotopic (exact) mass is 807 g/mol. The highest BCUT2D eigenvalue weighted by molar-refractivity contribution is 6.01. The van der Waals surface area contributed by atoms with Crippen molar-refractivity contribution in [3.8, 4) is 55.6 Å². The molecule has 1 heteroatoms. The van der Waals surface area contributed by atoms with Crippen LogP contribution in [0.1, 0.15) is 73.6 Å². The molecule has 1 nitrogen and oxygen atoms in total. The molecule has 9 aromatic rings. The zero-order chi connectivity index (χ0) is 42.7. The van der Waals surface area contributed by atoms with Gasteiger partial charge in [0.1, 0.15) is 0 Å². The number of hydrogen-bond acceptors (Lipinski definition) is 1. The van der Waals surface area contributed by atoms with Crippen molar-refractivity contribution in [3.05, 3.63) is 245 Å². The predicted octanol–water partition coefficient (Wildman–Crippen LogP) is 16.4. The summed E-state index contributed by atoms with van der Waals surface area (Å²) in [5.41, 5.74) is 25.2. The molecule has 0 aromatic heterocycles. The van der Waals surface area contributed by atoms with E-state index in [1.165, 1.54) is 94.6 Å². The molecule has 3 aliphatic rings. The van der Waals surface area contributed by atoms with Crippen LogP contribution in [-0.4, -0.2) is 0 Å². The smallest absolute Gasteiger partial charge is 0.0540 e. The second kappa shape index (κ2) is 13.6. The molecule has 0 saturated carbocycles. The van der Waals surface area contributed by atoms with E-state index in [-0.39, 0.29) is 16.2 Å². The van der Waals surface area contributed by atoms with Crippen LogP contribution in [0.2, 0.25) is 0 Å². The Kier molecular flexibility index (Phi) is 8.13. The minimum atomic E-state index is -0.289. The van der Waals surface area contributed by atoms with E-state index in [1.807, 2.05) is 0 Å². The molecule has 12 rings (SSSR count). The number of hydrogen-bond donors (Lipinski definition) is 0. The van der Waals surface area contributed by atoms with Gasteiger partial charge < -0.3 is 4.90 Å². The zero-order valence-electron chi connectivity index (χ0n) is 36.6. The summed E-state index contributed by atoms with van der Waals surface area (Å²) in [6.07, 6.45) is 0. The maximum atomic E-state index is 2.56. The van der Waals surface area contributed by atoms with E-state index in [2.05, 4.69) is 246 Å². The molecule has 9 aromatic carbocycles. The van der Waals surface area contributed by atoms with Crippen LogP contribution in [0.5, 0.6) is 0 Å². The highest BCUT2D eigenvalue weighted by Gasteiger charge is 2.42. The maximum absolute atomic E-state index is 2.56. The summed E-state index contributed by atoms with van der Waals surface area (Å²) in [4.78, 5) is 2.56. The topological polar surface area (TPSA) is 3.24 Å². The Morgan fingerprint density at radius 2 is 0.746 bits per heavy atom. The van der Waals surface area contributed by atoms with E-state index in [0.29, 0.717) is 0 Å². The molecule has 0 N–H and O–H groups in total. The van der Waals surface area contributed by atoms with Gasteiger partial charge in [0, 0.05) is 33.1 Å². The van der Waals surface area contributed by atoms with Crippen molar-refractivity contribution in [1.29, 1.82) is 0 Å². The third kappa shape index (κ3) is 5.23.